The molecule has 70 heavy (non-hydrogen) atoms. The van der Waals surface area contributed by atoms with Gasteiger partial charge in [-0.05, 0) is 77.2 Å². The minimum Gasteiger partial charge on any atom is -0.494 e. The van der Waals surface area contributed by atoms with Gasteiger partial charge in [-0.2, -0.15) is 17.6 Å². The molecule has 0 aliphatic heterocycles. The van der Waals surface area contributed by atoms with Gasteiger partial charge >= 0.3 is 12.2 Å². The van der Waals surface area contributed by atoms with Gasteiger partial charge in [0.1, 0.15) is 57.4 Å². The average Bonchev–Trinajstić information content (AvgIpc) is 3.29. The second kappa shape index (κ2) is 23.4. The number of benzene rings is 6. The highest BCUT2D eigenvalue weighted by atomic mass is 19.3. The zero-order valence-corrected chi connectivity index (χ0v) is 36.6. The summed E-state index contributed by atoms with van der Waals surface area (Å²) in [6.07, 6.45) is -6.71. The van der Waals surface area contributed by atoms with Gasteiger partial charge in [0, 0.05) is 56.2 Å². The highest BCUT2D eigenvalue weighted by Crippen LogP contribution is 2.40. The van der Waals surface area contributed by atoms with E-state index in [1.165, 1.54) is 48.5 Å². The maximum absolute atomic E-state index is 14.9. The maximum Gasteiger partial charge on any atom is 0.432 e. The number of rotatable bonds is 24. The van der Waals surface area contributed by atoms with Gasteiger partial charge in [-0.25, -0.2) is 43.9 Å². The van der Waals surface area contributed by atoms with Crippen molar-refractivity contribution >= 4 is 0 Å². The monoisotopic (exact) mass is 1000 g/mol. The third-order valence-corrected chi connectivity index (χ3v) is 10.3. The normalized spacial score (nSPS) is 11.9. The molecule has 0 atom stereocenters. The van der Waals surface area contributed by atoms with Crippen LogP contribution >= 0.6 is 0 Å². The largest absolute Gasteiger partial charge is 0.494 e. The zero-order valence-electron chi connectivity index (χ0n) is 36.6. The summed E-state index contributed by atoms with van der Waals surface area (Å²) in [7, 11) is 0. The van der Waals surface area contributed by atoms with Crippen LogP contribution < -0.4 is 18.9 Å². The Labute approximate surface area is 391 Å². The van der Waals surface area contributed by atoms with E-state index in [0.29, 0.717) is 75.0 Å². The average molecular weight is 1000 g/mol. The number of halogens is 14. The van der Waals surface area contributed by atoms with Gasteiger partial charge in [0.05, 0.1) is 26.4 Å². The molecule has 0 N–H and O–H groups in total. The molecular formula is C50H40F14O6. The van der Waals surface area contributed by atoms with Crippen LogP contribution in [-0.4, -0.2) is 39.6 Å². The van der Waals surface area contributed by atoms with Gasteiger partial charge in [0.25, 0.3) is 0 Å². The van der Waals surface area contributed by atoms with E-state index < -0.39 is 93.0 Å². The standard InChI is InChI=1S/C50H40F14O6/c1-2-5-28(26-65-14-3-16-67-33-10-6-29(7-11-33)31-18-37(51)45(38(52)19-31)49(61,62)69-35-22-41(55)47(59)42(56)23-35)27-66-15-4-17-68-34-12-8-30(9-13-34)32-20-39(53)46(40(54)21-32)50(63,64)70-36-24-43(57)48(60)44(58)25-36/h6-13,18-25,28H,2-5,14-17,26-27H2,1H3. The third kappa shape index (κ3) is 13.6. The topological polar surface area (TPSA) is 55.4 Å². The maximum atomic E-state index is 14.9. The summed E-state index contributed by atoms with van der Waals surface area (Å²) in [5, 5.41) is 0. The lowest BCUT2D eigenvalue weighted by Crippen LogP contribution is -2.25. The van der Waals surface area contributed by atoms with Crippen LogP contribution in [0.25, 0.3) is 22.3 Å². The van der Waals surface area contributed by atoms with Crippen LogP contribution in [0.4, 0.5) is 61.5 Å². The van der Waals surface area contributed by atoms with Crippen molar-refractivity contribution in [2.24, 2.45) is 5.92 Å². The molecule has 6 aromatic rings. The molecule has 0 saturated carbocycles. The van der Waals surface area contributed by atoms with E-state index in [1.807, 2.05) is 6.92 Å². The van der Waals surface area contributed by atoms with E-state index in [0.717, 1.165) is 12.8 Å². The summed E-state index contributed by atoms with van der Waals surface area (Å²) < 4.78 is 230. The van der Waals surface area contributed by atoms with Crippen molar-refractivity contribution in [2.75, 3.05) is 39.6 Å². The third-order valence-electron chi connectivity index (χ3n) is 10.3. The molecule has 0 aliphatic carbocycles. The number of hydrogen-bond donors (Lipinski definition) is 0. The van der Waals surface area contributed by atoms with Gasteiger partial charge in [-0.15, -0.1) is 0 Å². The fraction of sp³-hybridized carbons (Fsp3) is 0.280. The summed E-state index contributed by atoms with van der Waals surface area (Å²) in [4.78, 5) is 0. The van der Waals surface area contributed by atoms with Crippen LogP contribution in [0.15, 0.2) is 97.1 Å². The van der Waals surface area contributed by atoms with Gasteiger partial charge < -0.3 is 28.4 Å². The second-order valence-electron chi connectivity index (χ2n) is 15.5. The molecule has 374 valence electrons. The Morgan fingerprint density at radius 2 is 0.729 bits per heavy atom. The molecule has 0 radical (unpaired) electrons. The van der Waals surface area contributed by atoms with Gasteiger partial charge in [0.15, 0.2) is 34.9 Å². The van der Waals surface area contributed by atoms with E-state index >= 15 is 0 Å². The Hall–Kier alpha value is -6.54. The molecule has 0 heterocycles. The van der Waals surface area contributed by atoms with Crippen LogP contribution in [0.1, 0.15) is 43.7 Å². The Morgan fingerprint density at radius 3 is 1.04 bits per heavy atom. The molecule has 6 aromatic carbocycles. The van der Waals surface area contributed by atoms with Crippen molar-refractivity contribution in [3.05, 3.63) is 166 Å². The lowest BCUT2D eigenvalue weighted by atomic mass is 10.0. The van der Waals surface area contributed by atoms with Gasteiger partial charge in [0.2, 0.25) is 0 Å². The first-order valence-corrected chi connectivity index (χ1v) is 21.3. The van der Waals surface area contributed by atoms with Crippen LogP contribution in [0.5, 0.6) is 23.0 Å². The lowest BCUT2D eigenvalue weighted by molar-refractivity contribution is -0.190. The predicted octanol–water partition coefficient (Wildman–Crippen LogP) is 14.4. The van der Waals surface area contributed by atoms with Crippen molar-refractivity contribution in [1.29, 1.82) is 0 Å². The van der Waals surface area contributed by atoms with Crippen LogP contribution in [-0.2, 0) is 21.7 Å². The Morgan fingerprint density at radius 1 is 0.400 bits per heavy atom. The summed E-state index contributed by atoms with van der Waals surface area (Å²) in [5.74, 6) is -19.6. The Kier molecular flexibility index (Phi) is 17.6. The first kappa shape index (κ1) is 52.8. The number of alkyl halides is 4. The predicted molar refractivity (Wildman–Crippen MR) is 226 cm³/mol. The molecule has 6 nitrogen and oxygen atoms in total. The number of ether oxygens (including phenoxy) is 6. The van der Waals surface area contributed by atoms with Gasteiger partial charge in [-0.3, -0.25) is 0 Å². The Bertz CT molecular complexity index is 2440. The lowest BCUT2D eigenvalue weighted by Gasteiger charge is -2.20. The van der Waals surface area contributed by atoms with Crippen molar-refractivity contribution in [3.8, 4) is 45.3 Å². The first-order chi connectivity index (χ1) is 33.3. The highest BCUT2D eigenvalue weighted by Gasteiger charge is 2.43. The van der Waals surface area contributed by atoms with E-state index in [9.17, 15) is 61.5 Å². The minimum absolute atomic E-state index is 0.102. The molecule has 0 saturated heterocycles. The van der Waals surface area contributed by atoms with E-state index in [1.54, 1.807) is 0 Å². The van der Waals surface area contributed by atoms with Crippen molar-refractivity contribution in [1.82, 2.24) is 0 Å². The smallest absolute Gasteiger partial charge is 0.432 e. The summed E-state index contributed by atoms with van der Waals surface area (Å²) in [5.41, 5.74) is -3.38. The molecule has 0 aliphatic rings. The molecule has 20 heteroatoms. The van der Waals surface area contributed by atoms with Crippen molar-refractivity contribution in [2.45, 2.75) is 44.8 Å². The molecule has 0 spiro atoms. The summed E-state index contributed by atoms with van der Waals surface area (Å²) >= 11 is 0. The second-order valence-corrected chi connectivity index (χ2v) is 15.5. The van der Waals surface area contributed by atoms with Gasteiger partial charge in [-0.1, -0.05) is 37.6 Å². The molecule has 0 fully saturated rings. The van der Waals surface area contributed by atoms with Crippen molar-refractivity contribution < 1.29 is 89.9 Å². The molecule has 0 bridgehead atoms. The zero-order chi connectivity index (χ0) is 50.8. The van der Waals surface area contributed by atoms with Crippen LogP contribution in [0.3, 0.4) is 0 Å². The number of hydrogen-bond acceptors (Lipinski definition) is 6. The molecular weight excluding hydrogens is 963 g/mol. The summed E-state index contributed by atoms with van der Waals surface area (Å²) in [6.45, 7) is 4.10. The fourth-order valence-corrected chi connectivity index (χ4v) is 6.93. The molecule has 0 amide bonds. The molecule has 6 rings (SSSR count). The SMILES string of the molecule is CCCC(COCCCOc1ccc(-c2cc(F)c(C(F)(F)Oc3cc(F)c(F)c(F)c3)c(F)c2)cc1)COCCCOc1ccc(-c2cc(F)c(C(F)(F)Oc3cc(F)c(F)c(F)c3)c(F)c2)cc1. The van der Waals surface area contributed by atoms with Crippen LogP contribution in [0.2, 0.25) is 0 Å². The first-order valence-electron chi connectivity index (χ1n) is 21.3. The van der Waals surface area contributed by atoms with E-state index in [2.05, 4.69) is 9.47 Å². The van der Waals surface area contributed by atoms with Crippen LogP contribution in [0, 0.1) is 64.1 Å². The quantitative estimate of drug-likeness (QED) is 0.0342. The fourth-order valence-electron chi connectivity index (χ4n) is 6.93. The molecule has 0 aromatic heterocycles. The van der Waals surface area contributed by atoms with E-state index in [4.69, 9.17) is 18.9 Å². The van der Waals surface area contributed by atoms with Crippen molar-refractivity contribution in [3.63, 3.8) is 0 Å². The van der Waals surface area contributed by atoms with E-state index in [-0.39, 0.29) is 65.7 Å². The molecule has 0 unspecified atom stereocenters. The highest BCUT2D eigenvalue weighted by molar-refractivity contribution is 5.66. The summed E-state index contributed by atoms with van der Waals surface area (Å²) in [6, 6.07) is 14.8. The Balaban J connectivity index is 0.874. The minimum atomic E-state index is -4.72.